The molecule has 2 heteroatoms. The lowest BCUT2D eigenvalue weighted by Gasteiger charge is -2.00. The van der Waals surface area contributed by atoms with E-state index in [9.17, 15) is 0 Å². The molecular weight excluding hydrogens is 310 g/mol. The van der Waals surface area contributed by atoms with Gasteiger partial charge in [-0.1, -0.05) is 54.6 Å². The Morgan fingerprint density at radius 3 is 2.38 bits per heavy atom. The maximum Gasteiger partial charge on any atom is 0.0559 e. The van der Waals surface area contributed by atoms with Gasteiger partial charge in [-0.3, -0.25) is 0 Å². The Labute approximate surface area is 142 Å². The summed E-state index contributed by atoms with van der Waals surface area (Å²) in [7, 11) is 0. The number of hydrogen-bond acceptors (Lipinski definition) is 1. The van der Waals surface area contributed by atoms with Gasteiger partial charge in [-0.2, -0.15) is 0 Å². The normalized spacial score (nSPS) is 12.2. The topological polar surface area (TPSA) is 15.8 Å². The highest BCUT2D eigenvalue weighted by atomic mass is 32.1. The van der Waals surface area contributed by atoms with E-state index in [4.69, 9.17) is 0 Å². The number of benzene rings is 4. The van der Waals surface area contributed by atoms with Crippen molar-refractivity contribution in [3.05, 3.63) is 72.8 Å². The van der Waals surface area contributed by atoms with Crippen molar-refractivity contribution in [2.45, 2.75) is 0 Å². The van der Waals surface area contributed by atoms with Crippen molar-refractivity contribution < 1.29 is 0 Å². The molecule has 0 amide bonds. The average molecular weight is 323 g/mol. The lowest BCUT2D eigenvalue weighted by atomic mass is 10.0. The molecule has 0 unspecified atom stereocenters. The Morgan fingerprint density at radius 1 is 0.583 bits per heavy atom. The van der Waals surface area contributed by atoms with Gasteiger partial charge >= 0.3 is 0 Å². The third-order valence-electron chi connectivity index (χ3n) is 5.00. The summed E-state index contributed by atoms with van der Waals surface area (Å²) in [5, 5.41) is 7.96. The molecule has 0 fully saturated rings. The van der Waals surface area contributed by atoms with Gasteiger partial charge in [0.2, 0.25) is 0 Å². The second kappa shape index (κ2) is 4.37. The van der Waals surface area contributed by atoms with Crippen LogP contribution in [-0.4, -0.2) is 4.98 Å². The predicted molar refractivity (Wildman–Crippen MR) is 106 cm³/mol. The molecule has 0 saturated heterocycles. The van der Waals surface area contributed by atoms with E-state index in [2.05, 4.69) is 77.8 Å². The maximum absolute atomic E-state index is 3.70. The van der Waals surface area contributed by atoms with Crippen molar-refractivity contribution in [3.8, 4) is 0 Å². The van der Waals surface area contributed by atoms with E-state index in [1.165, 1.54) is 52.8 Å². The number of H-pyrrole nitrogens is 1. The molecule has 0 aliphatic rings. The number of hydrogen-bond donors (Lipinski definition) is 1. The van der Waals surface area contributed by atoms with E-state index in [1.54, 1.807) is 0 Å². The minimum atomic E-state index is 1.21. The zero-order chi connectivity index (χ0) is 15.7. The van der Waals surface area contributed by atoms with Gasteiger partial charge in [0.1, 0.15) is 0 Å². The fourth-order valence-corrected chi connectivity index (χ4v) is 5.07. The molecule has 24 heavy (non-hydrogen) atoms. The SMILES string of the molecule is c1ccc2c(c1)ccc1[nH]c3c(ccc4sc5ccccc5c43)c12. The quantitative estimate of drug-likeness (QED) is 0.315. The molecule has 2 aromatic heterocycles. The largest absolute Gasteiger partial charge is 0.354 e. The predicted octanol–water partition coefficient (Wildman–Crippen LogP) is 6.84. The third kappa shape index (κ3) is 1.49. The van der Waals surface area contributed by atoms with Crippen molar-refractivity contribution in [3.63, 3.8) is 0 Å². The van der Waals surface area contributed by atoms with Gasteiger partial charge in [-0.05, 0) is 29.0 Å². The molecule has 0 aliphatic heterocycles. The van der Waals surface area contributed by atoms with E-state index in [-0.39, 0.29) is 0 Å². The first-order valence-corrected chi connectivity index (χ1v) is 8.95. The highest BCUT2D eigenvalue weighted by Crippen LogP contribution is 2.41. The number of nitrogens with one attached hydrogen (secondary N) is 1. The standard InChI is InChI=1S/C22H13NS/c1-2-6-14-13(5-1)9-11-17-20(14)16-10-12-19-21(22(16)23-17)15-7-3-4-8-18(15)24-19/h1-12,23H. The summed E-state index contributed by atoms with van der Waals surface area (Å²) < 4.78 is 2.70. The summed E-state index contributed by atoms with van der Waals surface area (Å²) in [6.45, 7) is 0. The number of thiophene rings is 1. The molecule has 0 aliphatic carbocycles. The third-order valence-corrected chi connectivity index (χ3v) is 6.14. The van der Waals surface area contributed by atoms with Gasteiger partial charge in [-0.25, -0.2) is 0 Å². The van der Waals surface area contributed by atoms with Crippen molar-refractivity contribution in [2.24, 2.45) is 0 Å². The summed E-state index contributed by atoms with van der Waals surface area (Å²) in [6.07, 6.45) is 0. The Morgan fingerprint density at radius 2 is 1.42 bits per heavy atom. The van der Waals surface area contributed by atoms with Crippen LogP contribution in [0.5, 0.6) is 0 Å². The number of aromatic nitrogens is 1. The molecule has 6 aromatic rings. The molecule has 0 saturated carbocycles. The Bertz CT molecular complexity index is 1400. The van der Waals surface area contributed by atoms with Crippen molar-refractivity contribution >= 4 is 64.1 Å². The van der Waals surface area contributed by atoms with Crippen molar-refractivity contribution in [2.75, 3.05) is 0 Å². The molecule has 4 aromatic carbocycles. The van der Waals surface area contributed by atoms with Crippen LogP contribution < -0.4 is 0 Å². The van der Waals surface area contributed by atoms with Crippen LogP contribution in [0.1, 0.15) is 0 Å². The number of aromatic amines is 1. The van der Waals surface area contributed by atoms with E-state index in [1.807, 2.05) is 11.3 Å². The monoisotopic (exact) mass is 323 g/mol. The zero-order valence-corrected chi connectivity index (χ0v) is 13.7. The molecule has 0 atom stereocenters. The summed E-state index contributed by atoms with van der Waals surface area (Å²) in [6, 6.07) is 26.3. The van der Waals surface area contributed by atoms with Gasteiger partial charge in [0.25, 0.3) is 0 Å². The summed E-state index contributed by atoms with van der Waals surface area (Å²) >= 11 is 1.87. The van der Waals surface area contributed by atoms with E-state index in [0.29, 0.717) is 0 Å². The van der Waals surface area contributed by atoms with Gasteiger partial charge in [0.05, 0.1) is 5.52 Å². The van der Waals surface area contributed by atoms with Crippen LogP contribution >= 0.6 is 11.3 Å². The van der Waals surface area contributed by atoms with Crippen molar-refractivity contribution in [1.29, 1.82) is 0 Å². The fraction of sp³-hybridized carbons (Fsp3) is 0. The zero-order valence-electron chi connectivity index (χ0n) is 12.8. The molecule has 112 valence electrons. The molecule has 2 heterocycles. The average Bonchev–Trinajstić information content (AvgIpc) is 3.19. The first-order valence-electron chi connectivity index (χ1n) is 8.13. The minimum Gasteiger partial charge on any atom is -0.354 e. The Hall–Kier alpha value is -2.84. The Balaban J connectivity index is 1.94. The van der Waals surface area contributed by atoms with Crippen molar-refractivity contribution in [1.82, 2.24) is 4.98 Å². The second-order valence-corrected chi connectivity index (χ2v) is 7.38. The second-order valence-electron chi connectivity index (χ2n) is 6.29. The summed E-state index contributed by atoms with van der Waals surface area (Å²) in [4.78, 5) is 3.70. The molecule has 6 rings (SSSR count). The molecule has 1 nitrogen and oxygen atoms in total. The summed E-state index contributed by atoms with van der Waals surface area (Å²) in [5.74, 6) is 0. The highest BCUT2D eigenvalue weighted by molar-refractivity contribution is 7.26. The number of rotatable bonds is 0. The van der Waals surface area contributed by atoms with Gasteiger partial charge < -0.3 is 4.98 Å². The lowest BCUT2D eigenvalue weighted by molar-refractivity contribution is 1.57. The van der Waals surface area contributed by atoms with E-state index >= 15 is 0 Å². The molecule has 0 spiro atoms. The van der Waals surface area contributed by atoms with Crippen LogP contribution in [0.2, 0.25) is 0 Å². The molecular formula is C22H13NS. The highest BCUT2D eigenvalue weighted by Gasteiger charge is 2.13. The first-order chi connectivity index (χ1) is 11.9. The molecule has 0 bridgehead atoms. The van der Waals surface area contributed by atoms with Gasteiger partial charge in [0.15, 0.2) is 0 Å². The van der Waals surface area contributed by atoms with Crippen LogP contribution in [0.3, 0.4) is 0 Å². The maximum atomic E-state index is 3.70. The van der Waals surface area contributed by atoms with Gasteiger partial charge in [-0.15, -0.1) is 11.3 Å². The number of fused-ring (bicyclic) bond motifs is 9. The fourth-order valence-electron chi connectivity index (χ4n) is 3.96. The smallest absolute Gasteiger partial charge is 0.0559 e. The van der Waals surface area contributed by atoms with Crippen LogP contribution in [0, 0.1) is 0 Å². The van der Waals surface area contributed by atoms with Crippen LogP contribution in [0.4, 0.5) is 0 Å². The van der Waals surface area contributed by atoms with E-state index < -0.39 is 0 Å². The van der Waals surface area contributed by atoms with E-state index in [0.717, 1.165) is 0 Å². The van der Waals surface area contributed by atoms with Crippen LogP contribution in [0.15, 0.2) is 72.8 Å². The van der Waals surface area contributed by atoms with Crippen LogP contribution in [0.25, 0.3) is 52.8 Å². The minimum absolute atomic E-state index is 1.21. The van der Waals surface area contributed by atoms with Crippen LogP contribution in [-0.2, 0) is 0 Å². The summed E-state index contributed by atoms with van der Waals surface area (Å²) in [5.41, 5.74) is 2.47. The van der Waals surface area contributed by atoms with Gasteiger partial charge in [0, 0.05) is 36.5 Å². The first kappa shape index (κ1) is 12.6. The molecule has 1 N–H and O–H groups in total. The molecule has 0 radical (unpaired) electrons. The Kier molecular flexibility index (Phi) is 2.29. The lowest BCUT2D eigenvalue weighted by Crippen LogP contribution is -1.73.